The van der Waals surface area contributed by atoms with E-state index in [-0.39, 0.29) is 5.88 Å². The summed E-state index contributed by atoms with van der Waals surface area (Å²) in [7, 11) is 0. The average Bonchev–Trinajstić information content (AvgIpc) is 2.81. The van der Waals surface area contributed by atoms with Crippen LogP contribution in [-0.2, 0) is 0 Å². The highest BCUT2D eigenvalue weighted by Gasteiger charge is 2.05. The minimum absolute atomic E-state index is 0.183. The number of fused-ring (bicyclic) bond motifs is 1. The van der Waals surface area contributed by atoms with Crippen molar-refractivity contribution in [1.82, 2.24) is 4.98 Å². The van der Waals surface area contributed by atoms with Gasteiger partial charge in [0.25, 0.3) is 0 Å². The van der Waals surface area contributed by atoms with E-state index in [9.17, 15) is 5.11 Å². The van der Waals surface area contributed by atoms with Crippen molar-refractivity contribution in [3.8, 4) is 17.2 Å². The van der Waals surface area contributed by atoms with Crippen molar-refractivity contribution in [1.29, 1.82) is 0 Å². The zero-order valence-electron chi connectivity index (χ0n) is 8.82. The molecular formula is C13H11NO2. The molecule has 3 aromatic rings. The van der Waals surface area contributed by atoms with Crippen LogP contribution in [0, 0.1) is 6.92 Å². The maximum Gasteiger partial charge on any atom is 0.189 e. The summed E-state index contributed by atoms with van der Waals surface area (Å²) in [4.78, 5) is 2.89. The Morgan fingerprint density at radius 3 is 2.81 bits per heavy atom. The number of hydrogen-bond acceptors (Lipinski definition) is 2. The molecule has 0 saturated heterocycles. The molecule has 0 atom stereocenters. The predicted octanol–water partition coefficient (Wildman–Crippen LogP) is 3.44. The lowest BCUT2D eigenvalue weighted by Gasteiger charge is -1.96. The number of aryl methyl sites for hydroxylation is 1. The molecule has 2 heterocycles. The van der Waals surface area contributed by atoms with Crippen molar-refractivity contribution < 1.29 is 9.52 Å². The summed E-state index contributed by atoms with van der Waals surface area (Å²) < 4.78 is 5.43. The minimum atomic E-state index is 0.183. The van der Waals surface area contributed by atoms with Gasteiger partial charge in [-0.3, -0.25) is 0 Å². The highest BCUT2D eigenvalue weighted by molar-refractivity contribution is 5.85. The summed E-state index contributed by atoms with van der Waals surface area (Å²) in [6.07, 6.45) is 1.73. The van der Waals surface area contributed by atoms with Crippen molar-refractivity contribution in [2.45, 2.75) is 6.92 Å². The summed E-state index contributed by atoms with van der Waals surface area (Å²) >= 11 is 0. The molecule has 2 aromatic heterocycles. The first kappa shape index (κ1) is 9.09. The lowest BCUT2D eigenvalue weighted by Crippen LogP contribution is -1.74. The quantitative estimate of drug-likeness (QED) is 0.650. The Balaban J connectivity index is 2.17. The van der Waals surface area contributed by atoms with Gasteiger partial charge in [0.05, 0.1) is 6.26 Å². The van der Waals surface area contributed by atoms with Crippen LogP contribution in [0.3, 0.4) is 0 Å². The molecule has 0 aliphatic carbocycles. The molecule has 1 aromatic carbocycles. The van der Waals surface area contributed by atoms with Gasteiger partial charge in [0.2, 0.25) is 0 Å². The second kappa shape index (κ2) is 3.17. The molecule has 0 unspecified atom stereocenters. The van der Waals surface area contributed by atoms with E-state index in [1.165, 1.54) is 0 Å². The van der Waals surface area contributed by atoms with Gasteiger partial charge in [-0.25, -0.2) is 0 Å². The van der Waals surface area contributed by atoms with Crippen LogP contribution < -0.4 is 0 Å². The molecule has 0 radical (unpaired) electrons. The third kappa shape index (κ3) is 1.37. The first-order valence-corrected chi connectivity index (χ1v) is 5.09. The van der Waals surface area contributed by atoms with E-state index >= 15 is 0 Å². The maximum absolute atomic E-state index is 9.34. The topological polar surface area (TPSA) is 49.2 Å². The van der Waals surface area contributed by atoms with Gasteiger partial charge < -0.3 is 14.5 Å². The number of aromatic hydroxyl groups is 1. The Kier molecular flexibility index (Phi) is 1.80. The third-order valence-electron chi connectivity index (χ3n) is 2.62. The smallest absolute Gasteiger partial charge is 0.189 e. The van der Waals surface area contributed by atoms with E-state index in [0.29, 0.717) is 0 Å². The average molecular weight is 213 g/mol. The van der Waals surface area contributed by atoms with E-state index in [1.807, 2.05) is 31.2 Å². The second-order valence-corrected chi connectivity index (χ2v) is 3.94. The lowest BCUT2D eigenvalue weighted by molar-refractivity contribution is 0.458. The van der Waals surface area contributed by atoms with Crippen LogP contribution in [-0.4, -0.2) is 10.1 Å². The molecular weight excluding hydrogens is 202 g/mol. The Labute approximate surface area is 92.3 Å². The van der Waals surface area contributed by atoms with Crippen LogP contribution in [0.15, 0.2) is 41.0 Å². The summed E-state index contributed by atoms with van der Waals surface area (Å²) in [5.41, 5.74) is 3.01. The molecule has 0 saturated carbocycles. The fraction of sp³-hybridized carbons (Fsp3) is 0.0769. The first-order chi connectivity index (χ1) is 7.72. The molecule has 16 heavy (non-hydrogen) atoms. The van der Waals surface area contributed by atoms with Crippen LogP contribution in [0.4, 0.5) is 0 Å². The summed E-state index contributed by atoms with van der Waals surface area (Å²) in [5, 5.41) is 10.3. The molecule has 0 bridgehead atoms. The van der Waals surface area contributed by atoms with Crippen LogP contribution in [0.1, 0.15) is 5.56 Å². The largest absolute Gasteiger partial charge is 0.495 e. The SMILES string of the molecule is Cc1coc(-c2ccc3cc(O)[nH]c3c2)c1. The number of aromatic amines is 1. The van der Waals surface area contributed by atoms with Crippen molar-refractivity contribution >= 4 is 10.9 Å². The molecule has 0 fully saturated rings. The highest BCUT2D eigenvalue weighted by atomic mass is 16.3. The molecule has 2 N–H and O–H groups in total. The molecule has 0 spiro atoms. The van der Waals surface area contributed by atoms with E-state index in [0.717, 1.165) is 27.8 Å². The number of aromatic nitrogens is 1. The van der Waals surface area contributed by atoms with Crippen molar-refractivity contribution in [2.75, 3.05) is 0 Å². The molecule has 80 valence electrons. The number of nitrogens with one attached hydrogen (secondary N) is 1. The molecule has 3 rings (SSSR count). The lowest BCUT2D eigenvalue weighted by atomic mass is 10.1. The van der Waals surface area contributed by atoms with Gasteiger partial charge in [-0.15, -0.1) is 0 Å². The monoisotopic (exact) mass is 213 g/mol. The van der Waals surface area contributed by atoms with Crippen molar-refractivity contribution in [3.05, 3.63) is 42.2 Å². The zero-order chi connectivity index (χ0) is 11.1. The van der Waals surface area contributed by atoms with Crippen molar-refractivity contribution in [3.63, 3.8) is 0 Å². The maximum atomic E-state index is 9.34. The number of hydrogen-bond donors (Lipinski definition) is 2. The van der Waals surface area contributed by atoms with Gasteiger partial charge in [0, 0.05) is 22.5 Å². The zero-order valence-corrected chi connectivity index (χ0v) is 8.82. The molecule has 0 amide bonds. The van der Waals surface area contributed by atoms with Gasteiger partial charge >= 0.3 is 0 Å². The van der Waals surface area contributed by atoms with E-state index < -0.39 is 0 Å². The Bertz CT molecular complexity index is 649. The van der Waals surface area contributed by atoms with Crippen LogP contribution in [0.25, 0.3) is 22.2 Å². The normalized spacial score (nSPS) is 11.1. The molecule has 0 aliphatic rings. The number of H-pyrrole nitrogens is 1. The van der Waals surface area contributed by atoms with Gasteiger partial charge in [0.15, 0.2) is 5.88 Å². The van der Waals surface area contributed by atoms with E-state index in [2.05, 4.69) is 4.98 Å². The van der Waals surface area contributed by atoms with Gasteiger partial charge in [0.1, 0.15) is 5.76 Å². The van der Waals surface area contributed by atoms with Crippen LogP contribution in [0.2, 0.25) is 0 Å². The highest BCUT2D eigenvalue weighted by Crippen LogP contribution is 2.27. The second-order valence-electron chi connectivity index (χ2n) is 3.94. The Morgan fingerprint density at radius 1 is 1.19 bits per heavy atom. The van der Waals surface area contributed by atoms with E-state index in [1.54, 1.807) is 12.3 Å². The number of rotatable bonds is 1. The van der Waals surface area contributed by atoms with E-state index in [4.69, 9.17) is 4.42 Å². The van der Waals surface area contributed by atoms with Crippen LogP contribution in [0.5, 0.6) is 5.88 Å². The summed E-state index contributed by atoms with van der Waals surface area (Å²) in [6, 6.07) is 9.59. The first-order valence-electron chi connectivity index (χ1n) is 5.09. The van der Waals surface area contributed by atoms with Crippen molar-refractivity contribution in [2.24, 2.45) is 0 Å². The summed E-state index contributed by atoms with van der Waals surface area (Å²) in [5.74, 6) is 1.02. The molecule has 0 aliphatic heterocycles. The van der Waals surface area contributed by atoms with Crippen LogP contribution >= 0.6 is 0 Å². The number of furan rings is 1. The predicted molar refractivity (Wildman–Crippen MR) is 62.4 cm³/mol. The Morgan fingerprint density at radius 2 is 2.06 bits per heavy atom. The third-order valence-corrected chi connectivity index (χ3v) is 2.62. The van der Waals surface area contributed by atoms with Gasteiger partial charge in [-0.2, -0.15) is 0 Å². The fourth-order valence-electron chi connectivity index (χ4n) is 1.85. The summed E-state index contributed by atoms with van der Waals surface area (Å²) in [6.45, 7) is 1.99. The van der Waals surface area contributed by atoms with Gasteiger partial charge in [-0.1, -0.05) is 12.1 Å². The molecule has 3 nitrogen and oxygen atoms in total. The number of benzene rings is 1. The molecule has 3 heteroatoms. The standard InChI is InChI=1S/C13H11NO2/c1-8-4-12(16-7-8)10-3-2-9-6-13(15)14-11(9)5-10/h2-7,14-15H,1H3. The fourth-order valence-corrected chi connectivity index (χ4v) is 1.85. The van der Waals surface area contributed by atoms with Gasteiger partial charge in [-0.05, 0) is 24.6 Å². The minimum Gasteiger partial charge on any atom is -0.495 e. The Hall–Kier alpha value is -2.16.